The lowest BCUT2D eigenvalue weighted by atomic mass is 10.0. The van der Waals surface area contributed by atoms with Gasteiger partial charge in [0.05, 0.1) is 10.5 Å². The molecule has 1 N–H and O–H groups in total. The van der Waals surface area contributed by atoms with E-state index in [0.29, 0.717) is 10.9 Å². The molecule has 1 aliphatic carbocycles. The van der Waals surface area contributed by atoms with Crippen LogP contribution in [0.1, 0.15) is 30.5 Å². The van der Waals surface area contributed by atoms with Gasteiger partial charge in [-0.2, -0.15) is 0 Å². The SMILES string of the molecule is O=c1c2c([nH]c3cc(F)c(Cl)cc13)CCCCC2. The van der Waals surface area contributed by atoms with Crippen molar-refractivity contribution in [1.82, 2.24) is 4.98 Å². The normalized spacial score (nSPS) is 15.4. The van der Waals surface area contributed by atoms with Crippen LogP contribution in [0.3, 0.4) is 0 Å². The minimum atomic E-state index is -0.492. The van der Waals surface area contributed by atoms with E-state index >= 15 is 0 Å². The van der Waals surface area contributed by atoms with E-state index in [2.05, 4.69) is 4.98 Å². The monoisotopic (exact) mass is 265 g/mol. The molecule has 0 radical (unpaired) electrons. The average molecular weight is 266 g/mol. The molecule has 2 aromatic rings. The second-order valence-corrected chi connectivity index (χ2v) is 5.19. The van der Waals surface area contributed by atoms with Gasteiger partial charge in [-0.3, -0.25) is 4.79 Å². The summed E-state index contributed by atoms with van der Waals surface area (Å²) < 4.78 is 13.4. The molecule has 0 amide bonds. The summed E-state index contributed by atoms with van der Waals surface area (Å²) in [5, 5.41) is 0.489. The zero-order chi connectivity index (χ0) is 12.7. The third-order valence-electron chi connectivity index (χ3n) is 3.58. The largest absolute Gasteiger partial charge is 0.358 e. The van der Waals surface area contributed by atoms with Gasteiger partial charge < -0.3 is 4.98 Å². The van der Waals surface area contributed by atoms with Crippen LogP contribution in [0, 0.1) is 5.82 Å². The number of rotatable bonds is 0. The number of aromatic nitrogens is 1. The zero-order valence-electron chi connectivity index (χ0n) is 9.85. The number of aryl methyl sites for hydroxylation is 1. The fourth-order valence-electron chi connectivity index (χ4n) is 2.63. The molecule has 0 bridgehead atoms. The van der Waals surface area contributed by atoms with E-state index in [1.54, 1.807) is 0 Å². The molecule has 0 unspecified atom stereocenters. The molecule has 0 saturated carbocycles. The molecule has 1 aromatic carbocycles. The Balaban J connectivity index is 2.35. The van der Waals surface area contributed by atoms with Gasteiger partial charge in [0.15, 0.2) is 5.43 Å². The number of benzene rings is 1. The highest BCUT2D eigenvalue weighted by Gasteiger charge is 2.15. The first-order chi connectivity index (χ1) is 8.66. The Morgan fingerprint density at radius 1 is 1.17 bits per heavy atom. The molecule has 1 aromatic heterocycles. The van der Waals surface area contributed by atoms with Crippen LogP contribution in [0.2, 0.25) is 5.02 Å². The summed E-state index contributed by atoms with van der Waals surface area (Å²) in [6.07, 6.45) is 4.91. The minimum absolute atomic E-state index is 0.00146. The predicted molar refractivity (Wildman–Crippen MR) is 70.8 cm³/mol. The number of halogens is 2. The quantitative estimate of drug-likeness (QED) is 0.726. The Morgan fingerprint density at radius 3 is 2.78 bits per heavy atom. The molecule has 2 nitrogen and oxygen atoms in total. The molecule has 0 fully saturated rings. The molecular weight excluding hydrogens is 253 g/mol. The Bertz CT molecular complexity index is 678. The number of nitrogens with one attached hydrogen (secondary N) is 1. The van der Waals surface area contributed by atoms with Crippen LogP contribution in [-0.4, -0.2) is 4.98 Å². The van der Waals surface area contributed by atoms with Crippen molar-refractivity contribution >= 4 is 22.5 Å². The summed E-state index contributed by atoms with van der Waals surface area (Å²) in [5.41, 5.74) is 2.36. The topological polar surface area (TPSA) is 32.9 Å². The molecule has 3 rings (SSSR count). The first kappa shape index (κ1) is 11.7. The third-order valence-corrected chi connectivity index (χ3v) is 3.87. The van der Waals surface area contributed by atoms with Gasteiger partial charge in [0.2, 0.25) is 0 Å². The Kier molecular flexibility index (Phi) is 2.86. The van der Waals surface area contributed by atoms with E-state index in [1.807, 2.05) is 0 Å². The highest BCUT2D eigenvalue weighted by molar-refractivity contribution is 6.31. The summed E-state index contributed by atoms with van der Waals surface area (Å²) in [4.78, 5) is 15.6. The van der Waals surface area contributed by atoms with Gasteiger partial charge in [-0.25, -0.2) is 4.39 Å². The smallest absolute Gasteiger partial charge is 0.192 e. The summed E-state index contributed by atoms with van der Waals surface area (Å²) in [5.74, 6) is -0.492. The molecule has 1 heterocycles. The molecular formula is C14H13ClFNO. The maximum Gasteiger partial charge on any atom is 0.192 e. The molecule has 18 heavy (non-hydrogen) atoms. The molecule has 0 spiro atoms. The highest BCUT2D eigenvalue weighted by Crippen LogP contribution is 2.23. The van der Waals surface area contributed by atoms with Crippen molar-refractivity contribution < 1.29 is 4.39 Å². The third kappa shape index (κ3) is 1.83. The van der Waals surface area contributed by atoms with Gasteiger partial charge in [-0.05, 0) is 37.8 Å². The predicted octanol–water partition coefficient (Wildman–Crippen LogP) is 3.59. The first-order valence-corrected chi connectivity index (χ1v) is 6.57. The molecule has 94 valence electrons. The van der Waals surface area contributed by atoms with E-state index in [9.17, 15) is 9.18 Å². The number of aromatic amines is 1. The van der Waals surface area contributed by atoms with Gasteiger partial charge in [0.25, 0.3) is 0 Å². The Hall–Kier alpha value is -1.35. The zero-order valence-corrected chi connectivity index (χ0v) is 10.6. The fraction of sp³-hybridized carbons (Fsp3) is 0.357. The number of H-pyrrole nitrogens is 1. The van der Waals surface area contributed by atoms with Crippen molar-refractivity contribution in [2.24, 2.45) is 0 Å². The lowest BCUT2D eigenvalue weighted by Crippen LogP contribution is -2.14. The van der Waals surface area contributed by atoms with Crippen LogP contribution in [0.25, 0.3) is 10.9 Å². The summed E-state index contributed by atoms with van der Waals surface area (Å²) in [6.45, 7) is 0. The van der Waals surface area contributed by atoms with Gasteiger partial charge in [0, 0.05) is 16.6 Å². The molecule has 0 aliphatic heterocycles. The summed E-state index contributed by atoms with van der Waals surface area (Å²) in [6, 6.07) is 2.74. The second-order valence-electron chi connectivity index (χ2n) is 4.78. The van der Waals surface area contributed by atoms with Crippen LogP contribution in [0.15, 0.2) is 16.9 Å². The number of hydrogen-bond acceptors (Lipinski definition) is 1. The van der Waals surface area contributed by atoms with Crippen molar-refractivity contribution in [2.45, 2.75) is 32.1 Å². The van der Waals surface area contributed by atoms with E-state index in [4.69, 9.17) is 11.6 Å². The van der Waals surface area contributed by atoms with Crippen LogP contribution >= 0.6 is 11.6 Å². The van der Waals surface area contributed by atoms with Crippen LogP contribution < -0.4 is 5.43 Å². The van der Waals surface area contributed by atoms with Crippen molar-refractivity contribution in [1.29, 1.82) is 0 Å². The number of hydrogen-bond donors (Lipinski definition) is 1. The molecule has 0 atom stereocenters. The van der Waals surface area contributed by atoms with Crippen LogP contribution in [0.5, 0.6) is 0 Å². The van der Waals surface area contributed by atoms with Crippen LogP contribution in [-0.2, 0) is 12.8 Å². The second kappa shape index (κ2) is 4.39. The summed E-state index contributed by atoms with van der Waals surface area (Å²) in [7, 11) is 0. The standard InChI is InChI=1S/C14H13ClFNO/c15-10-6-9-13(7-11(10)16)17-12-5-3-1-2-4-8(12)14(9)18/h6-7H,1-5H2,(H,17,18). The average Bonchev–Trinajstić information content (AvgIpc) is 2.58. The van der Waals surface area contributed by atoms with E-state index < -0.39 is 5.82 Å². The maximum atomic E-state index is 13.4. The Morgan fingerprint density at radius 2 is 1.94 bits per heavy atom. The van der Waals surface area contributed by atoms with Crippen LogP contribution in [0.4, 0.5) is 4.39 Å². The first-order valence-electron chi connectivity index (χ1n) is 6.19. The molecule has 0 saturated heterocycles. The van der Waals surface area contributed by atoms with E-state index in [1.165, 1.54) is 12.1 Å². The lowest BCUT2D eigenvalue weighted by Gasteiger charge is -2.08. The minimum Gasteiger partial charge on any atom is -0.358 e. The van der Waals surface area contributed by atoms with Crippen molar-refractivity contribution in [3.8, 4) is 0 Å². The van der Waals surface area contributed by atoms with Gasteiger partial charge in [-0.15, -0.1) is 0 Å². The maximum absolute atomic E-state index is 13.4. The van der Waals surface area contributed by atoms with E-state index in [-0.39, 0.29) is 10.5 Å². The van der Waals surface area contributed by atoms with Crippen molar-refractivity contribution in [3.05, 3.63) is 44.5 Å². The lowest BCUT2D eigenvalue weighted by molar-refractivity contribution is 0.629. The highest BCUT2D eigenvalue weighted by atomic mass is 35.5. The number of fused-ring (bicyclic) bond motifs is 2. The number of pyridine rings is 1. The fourth-order valence-corrected chi connectivity index (χ4v) is 2.80. The van der Waals surface area contributed by atoms with Crippen molar-refractivity contribution in [3.63, 3.8) is 0 Å². The van der Waals surface area contributed by atoms with E-state index in [0.717, 1.165) is 43.4 Å². The molecule has 4 heteroatoms. The van der Waals surface area contributed by atoms with Gasteiger partial charge in [0.1, 0.15) is 5.82 Å². The van der Waals surface area contributed by atoms with Crippen molar-refractivity contribution in [2.75, 3.05) is 0 Å². The Labute approximate surface area is 109 Å². The molecule has 1 aliphatic rings. The summed E-state index contributed by atoms with van der Waals surface area (Å²) >= 11 is 5.75. The van der Waals surface area contributed by atoms with Gasteiger partial charge >= 0.3 is 0 Å². The van der Waals surface area contributed by atoms with Gasteiger partial charge in [-0.1, -0.05) is 18.0 Å².